The van der Waals surface area contributed by atoms with E-state index in [4.69, 9.17) is 4.74 Å². The minimum Gasteiger partial charge on any atom is -0.380 e. The molecule has 0 amide bonds. The molecule has 0 unspecified atom stereocenters. The van der Waals surface area contributed by atoms with Crippen molar-refractivity contribution < 1.29 is 9.53 Å². The van der Waals surface area contributed by atoms with Crippen molar-refractivity contribution in [1.82, 2.24) is 9.78 Å². The second-order valence-electron chi connectivity index (χ2n) is 2.35. The van der Waals surface area contributed by atoms with Gasteiger partial charge in [0.2, 0.25) is 0 Å². The van der Waals surface area contributed by atoms with Gasteiger partial charge in [-0.15, -0.1) is 0 Å². The Morgan fingerprint density at radius 3 is 3.17 bits per heavy atom. The van der Waals surface area contributed by atoms with Crippen molar-refractivity contribution in [3.05, 3.63) is 18.0 Å². The van der Waals surface area contributed by atoms with Crippen LogP contribution >= 0.6 is 0 Å². The number of ether oxygens (including phenoxy) is 1. The minimum absolute atomic E-state index is 0.603. The molecule has 0 atom stereocenters. The van der Waals surface area contributed by atoms with Crippen molar-refractivity contribution in [2.75, 3.05) is 13.2 Å². The van der Waals surface area contributed by atoms with E-state index in [1.54, 1.807) is 17.1 Å². The van der Waals surface area contributed by atoms with E-state index in [9.17, 15) is 4.79 Å². The lowest BCUT2D eigenvalue weighted by Crippen LogP contribution is -2.05. The largest absolute Gasteiger partial charge is 0.380 e. The van der Waals surface area contributed by atoms with E-state index in [1.807, 2.05) is 6.92 Å². The second-order valence-corrected chi connectivity index (χ2v) is 2.35. The van der Waals surface area contributed by atoms with E-state index >= 15 is 0 Å². The number of aromatic nitrogens is 2. The summed E-state index contributed by atoms with van der Waals surface area (Å²) in [4.78, 5) is 10.3. The van der Waals surface area contributed by atoms with Crippen molar-refractivity contribution in [1.29, 1.82) is 0 Å². The Hall–Kier alpha value is -1.16. The molecular weight excluding hydrogens is 156 g/mol. The molecule has 0 fully saturated rings. The van der Waals surface area contributed by atoms with Crippen LogP contribution in [0.3, 0.4) is 0 Å². The maximum absolute atomic E-state index is 10.3. The normalized spacial score (nSPS) is 10.1. The minimum atomic E-state index is 0.603. The molecule has 66 valence electrons. The molecule has 4 nitrogen and oxygen atoms in total. The summed E-state index contributed by atoms with van der Waals surface area (Å²) in [7, 11) is 0. The SMILES string of the molecule is CCOCCn1cc(C=O)cn1. The molecule has 1 rings (SSSR count). The molecule has 0 aliphatic rings. The smallest absolute Gasteiger partial charge is 0.153 e. The number of hydrogen-bond acceptors (Lipinski definition) is 3. The lowest BCUT2D eigenvalue weighted by Gasteiger charge is -2.00. The van der Waals surface area contributed by atoms with Gasteiger partial charge in [-0.05, 0) is 6.92 Å². The molecule has 12 heavy (non-hydrogen) atoms. The Morgan fingerprint density at radius 2 is 2.58 bits per heavy atom. The monoisotopic (exact) mass is 168 g/mol. The summed E-state index contributed by atoms with van der Waals surface area (Å²) in [6, 6.07) is 0. The predicted molar refractivity (Wildman–Crippen MR) is 44.1 cm³/mol. The molecular formula is C8H12N2O2. The molecule has 0 aromatic carbocycles. The Labute approximate surface area is 71.1 Å². The van der Waals surface area contributed by atoms with E-state index in [1.165, 1.54) is 0 Å². The van der Waals surface area contributed by atoms with Crippen LogP contribution in [0, 0.1) is 0 Å². The third-order valence-corrected chi connectivity index (χ3v) is 1.46. The maximum atomic E-state index is 10.3. The molecule has 1 heterocycles. The molecule has 0 aliphatic carbocycles. The molecule has 1 aromatic heterocycles. The number of carbonyl (C=O) groups is 1. The van der Waals surface area contributed by atoms with E-state index in [-0.39, 0.29) is 0 Å². The van der Waals surface area contributed by atoms with E-state index in [2.05, 4.69) is 5.10 Å². The highest BCUT2D eigenvalue weighted by Crippen LogP contribution is 1.92. The van der Waals surface area contributed by atoms with Gasteiger partial charge < -0.3 is 4.74 Å². The van der Waals surface area contributed by atoms with Crippen LogP contribution in [0.15, 0.2) is 12.4 Å². The highest BCUT2D eigenvalue weighted by Gasteiger charge is 1.95. The highest BCUT2D eigenvalue weighted by atomic mass is 16.5. The molecule has 4 heteroatoms. The van der Waals surface area contributed by atoms with Crippen LogP contribution in [0.4, 0.5) is 0 Å². The first-order valence-electron chi connectivity index (χ1n) is 3.92. The fourth-order valence-electron chi connectivity index (χ4n) is 0.865. The van der Waals surface area contributed by atoms with Crippen molar-refractivity contribution in [3.63, 3.8) is 0 Å². The first-order valence-corrected chi connectivity index (χ1v) is 3.92. The third kappa shape index (κ3) is 2.47. The molecule has 0 aliphatic heterocycles. The molecule has 1 aromatic rings. The lowest BCUT2D eigenvalue weighted by molar-refractivity contribution is 0.112. The summed E-state index contributed by atoms with van der Waals surface area (Å²) in [6.07, 6.45) is 4.02. The van der Waals surface area contributed by atoms with Gasteiger partial charge in [0, 0.05) is 12.8 Å². The molecule has 0 N–H and O–H groups in total. The zero-order valence-corrected chi connectivity index (χ0v) is 7.06. The van der Waals surface area contributed by atoms with Crippen molar-refractivity contribution in [3.8, 4) is 0 Å². The Balaban J connectivity index is 2.36. The van der Waals surface area contributed by atoms with Crippen LogP contribution < -0.4 is 0 Å². The molecule has 0 bridgehead atoms. The van der Waals surface area contributed by atoms with Gasteiger partial charge in [-0.25, -0.2) is 0 Å². The van der Waals surface area contributed by atoms with Gasteiger partial charge in [-0.2, -0.15) is 5.10 Å². The summed E-state index contributed by atoms with van der Waals surface area (Å²) < 4.78 is 6.82. The summed E-state index contributed by atoms with van der Waals surface area (Å²) in [5, 5.41) is 3.96. The number of nitrogens with zero attached hydrogens (tertiary/aromatic N) is 2. The number of aldehydes is 1. The zero-order valence-electron chi connectivity index (χ0n) is 7.06. The predicted octanol–water partition coefficient (Wildman–Crippen LogP) is 0.732. The topological polar surface area (TPSA) is 44.1 Å². The summed E-state index contributed by atoms with van der Waals surface area (Å²) in [5.74, 6) is 0. The Kier molecular flexibility index (Phi) is 3.47. The standard InChI is InChI=1S/C8H12N2O2/c1-2-12-4-3-10-6-8(7-11)5-9-10/h5-7H,2-4H2,1H3. The van der Waals surface area contributed by atoms with Gasteiger partial charge in [-0.3, -0.25) is 9.48 Å². The van der Waals surface area contributed by atoms with Crippen LogP contribution in [0.5, 0.6) is 0 Å². The van der Waals surface area contributed by atoms with Crippen molar-refractivity contribution in [2.45, 2.75) is 13.5 Å². The average molecular weight is 168 g/mol. The first kappa shape index (κ1) is 8.93. The van der Waals surface area contributed by atoms with E-state index < -0.39 is 0 Å². The van der Waals surface area contributed by atoms with Gasteiger partial charge in [0.15, 0.2) is 6.29 Å². The fraction of sp³-hybridized carbons (Fsp3) is 0.500. The van der Waals surface area contributed by atoms with Gasteiger partial charge in [0.25, 0.3) is 0 Å². The molecule has 0 radical (unpaired) electrons. The van der Waals surface area contributed by atoms with Crippen molar-refractivity contribution in [2.24, 2.45) is 0 Å². The number of hydrogen-bond donors (Lipinski definition) is 0. The average Bonchev–Trinajstić information content (AvgIpc) is 2.53. The van der Waals surface area contributed by atoms with Crippen molar-refractivity contribution >= 4 is 6.29 Å². The third-order valence-electron chi connectivity index (χ3n) is 1.46. The highest BCUT2D eigenvalue weighted by molar-refractivity contribution is 5.73. The lowest BCUT2D eigenvalue weighted by atomic mass is 10.4. The quantitative estimate of drug-likeness (QED) is 0.481. The van der Waals surface area contributed by atoms with Crippen LogP contribution in [0.1, 0.15) is 17.3 Å². The Morgan fingerprint density at radius 1 is 1.75 bits per heavy atom. The van der Waals surface area contributed by atoms with Crippen LogP contribution in [-0.2, 0) is 11.3 Å². The van der Waals surface area contributed by atoms with E-state index in [0.717, 1.165) is 6.29 Å². The van der Waals surface area contributed by atoms with Crippen LogP contribution in [0.25, 0.3) is 0 Å². The first-order chi connectivity index (χ1) is 5.86. The van der Waals surface area contributed by atoms with Gasteiger partial charge in [-0.1, -0.05) is 0 Å². The van der Waals surface area contributed by atoms with Gasteiger partial charge in [0.05, 0.1) is 24.9 Å². The number of rotatable bonds is 5. The number of carbonyl (C=O) groups excluding carboxylic acids is 1. The van der Waals surface area contributed by atoms with Crippen LogP contribution in [-0.4, -0.2) is 29.3 Å². The summed E-state index contributed by atoms with van der Waals surface area (Å²) in [5.41, 5.74) is 0.603. The van der Waals surface area contributed by atoms with Gasteiger partial charge >= 0.3 is 0 Å². The molecule has 0 saturated heterocycles. The summed E-state index contributed by atoms with van der Waals surface area (Å²) in [6.45, 7) is 3.99. The molecule has 0 saturated carbocycles. The van der Waals surface area contributed by atoms with E-state index in [0.29, 0.717) is 25.3 Å². The fourth-order valence-corrected chi connectivity index (χ4v) is 0.865. The second kappa shape index (κ2) is 4.66. The van der Waals surface area contributed by atoms with Crippen LogP contribution in [0.2, 0.25) is 0 Å². The maximum Gasteiger partial charge on any atom is 0.153 e. The molecule has 0 spiro atoms. The van der Waals surface area contributed by atoms with Gasteiger partial charge in [0.1, 0.15) is 0 Å². The summed E-state index contributed by atoms with van der Waals surface area (Å²) >= 11 is 0. The zero-order chi connectivity index (χ0) is 8.81. The Bertz CT molecular complexity index is 245.